The summed E-state index contributed by atoms with van der Waals surface area (Å²) in [4.78, 5) is 29.5. The molecular weight excluding hydrogens is 725 g/mol. The van der Waals surface area contributed by atoms with E-state index in [0.29, 0.717) is 55.7 Å². The summed E-state index contributed by atoms with van der Waals surface area (Å²) < 4.78 is 53.6. The monoisotopic (exact) mass is 787 g/mol. The Hall–Kier alpha value is -1.98. The number of guanidine groups is 1. The van der Waals surface area contributed by atoms with Gasteiger partial charge in [0.25, 0.3) is 0 Å². The first-order valence-electron chi connectivity index (χ1n) is 21.3. The van der Waals surface area contributed by atoms with E-state index in [0.717, 1.165) is 51.4 Å². The summed E-state index contributed by atoms with van der Waals surface area (Å²) in [7, 11) is 0. The van der Waals surface area contributed by atoms with Crippen LogP contribution >= 0.6 is 0 Å². The van der Waals surface area contributed by atoms with Crippen molar-refractivity contribution >= 4 is 11.6 Å². The molecule has 16 atom stereocenters. The highest BCUT2D eigenvalue weighted by Crippen LogP contribution is 2.65. The van der Waals surface area contributed by atoms with Crippen LogP contribution in [0.3, 0.4) is 0 Å². The summed E-state index contributed by atoms with van der Waals surface area (Å²) >= 11 is 0. The van der Waals surface area contributed by atoms with Crippen molar-refractivity contribution in [2.45, 2.75) is 147 Å². The molecule has 312 valence electrons. The van der Waals surface area contributed by atoms with Gasteiger partial charge in [-0.25, -0.2) is 23.9 Å². The van der Waals surface area contributed by atoms with Gasteiger partial charge in [-0.15, -0.1) is 0 Å². The van der Waals surface area contributed by atoms with Gasteiger partial charge in [0.1, 0.15) is 5.82 Å². The van der Waals surface area contributed by atoms with Crippen LogP contribution in [0.4, 0.5) is 10.1 Å². The molecule has 8 aliphatic heterocycles. The van der Waals surface area contributed by atoms with E-state index in [-0.39, 0.29) is 35.4 Å². The van der Waals surface area contributed by atoms with Crippen LogP contribution in [0.5, 0.6) is 0 Å². The van der Waals surface area contributed by atoms with Crippen molar-refractivity contribution in [1.29, 1.82) is 0 Å². The van der Waals surface area contributed by atoms with Crippen LogP contribution < -0.4 is 10.6 Å². The van der Waals surface area contributed by atoms with Crippen molar-refractivity contribution in [3.8, 4) is 0 Å². The Balaban J connectivity index is 0.841. The third-order valence-electron chi connectivity index (χ3n) is 15.0. The molecule has 0 aromatic heterocycles. The number of rotatable bonds is 9. The molecule has 2 spiro atoms. The Labute approximate surface area is 330 Å². The zero-order valence-corrected chi connectivity index (χ0v) is 34.1. The number of nitrogens with one attached hydrogen (secondary N) is 2. The molecule has 56 heavy (non-hydrogen) atoms. The van der Waals surface area contributed by atoms with Gasteiger partial charge in [0.2, 0.25) is 17.4 Å². The molecule has 2 unspecified atom stereocenters. The summed E-state index contributed by atoms with van der Waals surface area (Å²) in [6.45, 7) is 16.2. The molecule has 10 fully saturated rings. The number of aliphatic imine (C=N–C) groups is 1. The first-order valence-corrected chi connectivity index (χ1v) is 21.3. The predicted molar refractivity (Wildman–Crippen MR) is 201 cm³/mol. The summed E-state index contributed by atoms with van der Waals surface area (Å²) in [5, 5.41) is 6.61. The normalized spacial score (nSPS) is 49.4. The number of anilines is 1. The molecule has 0 radical (unpaired) electrons. The Morgan fingerprint density at radius 3 is 2.32 bits per heavy atom. The van der Waals surface area contributed by atoms with Crippen molar-refractivity contribution in [3.05, 3.63) is 30.1 Å². The first-order chi connectivity index (χ1) is 26.8. The van der Waals surface area contributed by atoms with E-state index in [1.807, 2.05) is 20.8 Å². The fourth-order valence-corrected chi connectivity index (χ4v) is 12.2. The maximum atomic E-state index is 14.2. The highest BCUT2D eigenvalue weighted by Gasteiger charge is 2.75. The van der Waals surface area contributed by atoms with Crippen LogP contribution in [-0.2, 0) is 48.0 Å². The lowest BCUT2D eigenvalue weighted by Crippen LogP contribution is -2.76. The van der Waals surface area contributed by atoms with Gasteiger partial charge in [-0.1, -0.05) is 33.8 Å². The molecule has 14 heteroatoms. The molecule has 0 amide bonds. The molecule has 2 saturated carbocycles. The number of benzene rings is 1. The van der Waals surface area contributed by atoms with Crippen molar-refractivity contribution in [2.75, 3.05) is 31.6 Å². The molecular formula is C42H62FN3O10. The lowest BCUT2D eigenvalue weighted by molar-refractivity contribution is -0.605. The van der Waals surface area contributed by atoms with E-state index < -0.39 is 47.4 Å². The van der Waals surface area contributed by atoms with Crippen molar-refractivity contribution in [3.63, 3.8) is 0 Å². The molecule has 13 nitrogen and oxygen atoms in total. The van der Waals surface area contributed by atoms with Crippen molar-refractivity contribution in [1.82, 2.24) is 5.32 Å². The highest BCUT2D eigenvalue weighted by atomic mass is 19.1. The fraction of sp³-hybridized carbons (Fsp3) is 0.833. The molecule has 2 aliphatic carbocycles. The maximum Gasteiger partial charge on any atom is 0.204 e. The number of fused-ring (bicyclic) bond motifs is 4. The average molecular weight is 788 g/mol. The lowest BCUT2D eigenvalue weighted by Gasteiger charge is -2.64. The summed E-state index contributed by atoms with van der Waals surface area (Å²) in [6.07, 6.45) is 6.11. The molecule has 10 aliphatic rings. The number of nitrogens with zero attached hydrogens (tertiary/aromatic N) is 1. The molecule has 1 aromatic rings. The van der Waals surface area contributed by atoms with E-state index in [9.17, 15) is 4.39 Å². The zero-order valence-electron chi connectivity index (χ0n) is 34.1. The van der Waals surface area contributed by atoms with Crippen LogP contribution in [0.2, 0.25) is 0 Å². The topological polar surface area (TPSA) is 129 Å². The van der Waals surface area contributed by atoms with E-state index in [2.05, 4.69) is 38.3 Å². The van der Waals surface area contributed by atoms with E-state index in [1.165, 1.54) is 12.1 Å². The van der Waals surface area contributed by atoms with Gasteiger partial charge in [-0.2, -0.15) is 0 Å². The SMILES string of the molecule is C[C@H]1[C@@H](OCCNC(=NCCO[C@@H]2O[C@]3(C)O[C@]4(C)CC[C@H]5[C@H](C)CC[C@@H]([C@H]2C)C53OO4)Nc2cccc(F)c2)O[C@@H]2O[C@]3(C)CC[C@H]4[C@H](C)CC[C@@H]1C24OO3. The largest absolute Gasteiger partial charge is 0.354 e. The third-order valence-corrected chi connectivity index (χ3v) is 15.0. The van der Waals surface area contributed by atoms with Gasteiger partial charge in [0.05, 0.1) is 19.8 Å². The average Bonchev–Trinajstić information content (AvgIpc) is 3.52. The van der Waals surface area contributed by atoms with E-state index >= 15 is 0 Å². The summed E-state index contributed by atoms with van der Waals surface area (Å²) in [6, 6.07) is 6.30. The molecule has 2 N–H and O–H groups in total. The molecule has 1 aromatic carbocycles. The summed E-state index contributed by atoms with van der Waals surface area (Å²) in [5.74, 6) is -0.677. The minimum atomic E-state index is -1.02. The number of halogens is 1. The van der Waals surface area contributed by atoms with Crippen LogP contribution in [0.25, 0.3) is 0 Å². The zero-order chi connectivity index (χ0) is 39.1. The van der Waals surface area contributed by atoms with Gasteiger partial charge in [-0.3, -0.25) is 4.99 Å². The van der Waals surface area contributed by atoms with E-state index in [4.69, 9.17) is 53.0 Å². The number of hydrogen-bond donors (Lipinski definition) is 2. The predicted octanol–water partition coefficient (Wildman–Crippen LogP) is 7.02. The Morgan fingerprint density at radius 2 is 1.50 bits per heavy atom. The molecule has 8 heterocycles. The van der Waals surface area contributed by atoms with Gasteiger partial charge < -0.3 is 39.1 Å². The summed E-state index contributed by atoms with van der Waals surface area (Å²) in [5.41, 5.74) is -0.764. The van der Waals surface area contributed by atoms with E-state index in [1.54, 1.807) is 12.1 Å². The second-order valence-corrected chi connectivity index (χ2v) is 18.6. The third kappa shape index (κ3) is 6.44. The van der Waals surface area contributed by atoms with Crippen LogP contribution in [-0.4, -0.2) is 79.7 Å². The van der Waals surface area contributed by atoms with Gasteiger partial charge in [-0.05, 0) is 101 Å². The number of hydrogen-bond acceptors (Lipinski definition) is 11. The van der Waals surface area contributed by atoms with Crippen molar-refractivity contribution < 1.29 is 52.4 Å². The van der Waals surface area contributed by atoms with Crippen LogP contribution in [0.1, 0.15) is 99.8 Å². The Kier molecular flexibility index (Phi) is 10.3. The fourth-order valence-electron chi connectivity index (χ4n) is 12.2. The molecule has 11 rings (SSSR count). The molecule has 4 bridgehead atoms. The van der Waals surface area contributed by atoms with Gasteiger partial charge in [0.15, 0.2) is 36.0 Å². The highest BCUT2D eigenvalue weighted by molar-refractivity contribution is 5.93. The van der Waals surface area contributed by atoms with Gasteiger partial charge >= 0.3 is 0 Å². The number of ether oxygens (including phenoxy) is 6. The smallest absolute Gasteiger partial charge is 0.204 e. The molecule has 8 saturated heterocycles. The van der Waals surface area contributed by atoms with Crippen LogP contribution in [0, 0.1) is 53.2 Å². The standard InChI is InChI=1S/C42H62FN3O10/c1-24-11-13-32-26(3)34(49-36-41(32)30(24)15-17-38(5,51-36)53-55-41)47-21-19-44-37(46-29-10-8-9-28(43)23-29)45-20-22-48-35-27(4)33-14-12-25(2)31-16-18-39(6)52-40(7,50-35)42(31,33)56-54-39/h8-10,23-27,30-36H,11-22H2,1-7H3,(H2,44,45,46)/t24-,25-,26-,27-,30+,31+,32+,33+,34+,35-,36-,38+,39+,40-,41?,42?/m1/s1. The second-order valence-electron chi connectivity index (χ2n) is 18.6. The first kappa shape index (κ1) is 39.5. The van der Waals surface area contributed by atoms with Crippen molar-refractivity contribution in [2.24, 2.45) is 52.3 Å². The maximum absolute atomic E-state index is 14.2. The van der Waals surface area contributed by atoms with Gasteiger partial charge in [0, 0.05) is 48.7 Å². The van der Waals surface area contributed by atoms with Crippen LogP contribution in [0.15, 0.2) is 29.3 Å². The quantitative estimate of drug-likeness (QED) is 0.116. The lowest BCUT2D eigenvalue weighted by atomic mass is 9.55. The Bertz CT molecular complexity index is 1640. The second kappa shape index (κ2) is 14.6. The minimum Gasteiger partial charge on any atom is -0.354 e. The minimum absolute atomic E-state index is 0.0413. The Morgan fingerprint density at radius 1 is 0.786 bits per heavy atom.